The fraction of sp³-hybridized carbons (Fsp3) is 0.538. The third-order valence-corrected chi connectivity index (χ3v) is 3.28. The van der Waals surface area contributed by atoms with Gasteiger partial charge in [0.2, 0.25) is 0 Å². The first-order valence-electron chi connectivity index (χ1n) is 5.91. The molecule has 0 spiro atoms. The van der Waals surface area contributed by atoms with E-state index in [1.54, 1.807) is 0 Å². The van der Waals surface area contributed by atoms with E-state index in [1.807, 2.05) is 12.1 Å². The Morgan fingerprint density at radius 3 is 3.06 bits per heavy atom. The predicted molar refractivity (Wildman–Crippen MR) is 70.3 cm³/mol. The summed E-state index contributed by atoms with van der Waals surface area (Å²) in [4.78, 5) is 0. The van der Waals surface area contributed by atoms with E-state index in [0.717, 1.165) is 24.5 Å². The molecule has 0 aromatic heterocycles. The Kier molecular flexibility index (Phi) is 3.72. The Labute approximate surface area is 102 Å². The van der Waals surface area contributed by atoms with E-state index >= 15 is 0 Å². The molecule has 0 aliphatic carbocycles. The number of nitrogens with one attached hydrogen (secondary N) is 2. The third-order valence-electron chi connectivity index (χ3n) is 2.92. The zero-order chi connectivity index (χ0) is 11.5. The fourth-order valence-corrected chi connectivity index (χ4v) is 2.28. The average molecular weight is 239 g/mol. The SMILES string of the molecule is CC(C)CNC1CNc2cccc(Cl)c2C1. The van der Waals surface area contributed by atoms with Gasteiger partial charge in [0.15, 0.2) is 0 Å². The molecule has 0 saturated heterocycles. The number of rotatable bonds is 3. The maximum atomic E-state index is 6.20. The summed E-state index contributed by atoms with van der Waals surface area (Å²) in [7, 11) is 0. The van der Waals surface area contributed by atoms with Crippen molar-refractivity contribution in [3.8, 4) is 0 Å². The van der Waals surface area contributed by atoms with Crippen molar-refractivity contribution >= 4 is 17.3 Å². The molecule has 2 N–H and O–H groups in total. The lowest BCUT2D eigenvalue weighted by molar-refractivity contribution is 0.465. The standard InChI is InChI=1S/C13H19ClN2/c1-9(2)7-15-10-6-11-12(14)4-3-5-13(11)16-8-10/h3-5,9-10,15-16H,6-8H2,1-2H3. The fourth-order valence-electron chi connectivity index (χ4n) is 2.03. The van der Waals surface area contributed by atoms with E-state index < -0.39 is 0 Å². The zero-order valence-corrected chi connectivity index (χ0v) is 10.6. The topological polar surface area (TPSA) is 24.1 Å². The quantitative estimate of drug-likeness (QED) is 0.846. The largest absolute Gasteiger partial charge is 0.383 e. The summed E-state index contributed by atoms with van der Waals surface area (Å²) in [5.41, 5.74) is 2.44. The molecule has 0 radical (unpaired) electrons. The summed E-state index contributed by atoms with van der Waals surface area (Å²) in [6, 6.07) is 6.55. The molecule has 2 rings (SSSR count). The van der Waals surface area contributed by atoms with Crippen molar-refractivity contribution in [1.82, 2.24) is 5.32 Å². The van der Waals surface area contributed by atoms with Gasteiger partial charge in [-0.2, -0.15) is 0 Å². The van der Waals surface area contributed by atoms with Crippen LogP contribution in [-0.4, -0.2) is 19.1 Å². The number of hydrogen-bond donors (Lipinski definition) is 2. The Hall–Kier alpha value is -0.730. The summed E-state index contributed by atoms with van der Waals surface area (Å²) in [5, 5.41) is 7.87. The van der Waals surface area contributed by atoms with Crippen LogP contribution < -0.4 is 10.6 Å². The summed E-state index contributed by atoms with van der Waals surface area (Å²) >= 11 is 6.20. The predicted octanol–water partition coefficient (Wildman–Crippen LogP) is 2.92. The van der Waals surface area contributed by atoms with Crippen LogP contribution in [0, 0.1) is 5.92 Å². The summed E-state index contributed by atoms with van der Waals surface area (Å²) in [5.74, 6) is 0.688. The van der Waals surface area contributed by atoms with Crippen LogP contribution in [0.3, 0.4) is 0 Å². The van der Waals surface area contributed by atoms with Crippen LogP contribution in [0.25, 0.3) is 0 Å². The van der Waals surface area contributed by atoms with Crippen molar-refractivity contribution < 1.29 is 0 Å². The smallest absolute Gasteiger partial charge is 0.0459 e. The molecule has 1 aromatic carbocycles. The van der Waals surface area contributed by atoms with Crippen LogP contribution in [0.15, 0.2) is 18.2 Å². The van der Waals surface area contributed by atoms with E-state index in [-0.39, 0.29) is 0 Å². The minimum Gasteiger partial charge on any atom is -0.383 e. The Bertz CT molecular complexity index is 363. The van der Waals surface area contributed by atoms with Gasteiger partial charge in [-0.05, 0) is 36.6 Å². The Morgan fingerprint density at radius 2 is 2.31 bits per heavy atom. The van der Waals surface area contributed by atoms with Crippen LogP contribution >= 0.6 is 11.6 Å². The Morgan fingerprint density at radius 1 is 1.50 bits per heavy atom. The number of anilines is 1. The molecular formula is C13H19ClN2. The van der Waals surface area contributed by atoms with E-state index in [9.17, 15) is 0 Å². The van der Waals surface area contributed by atoms with Crippen molar-refractivity contribution in [2.24, 2.45) is 5.92 Å². The number of benzene rings is 1. The maximum Gasteiger partial charge on any atom is 0.0459 e. The van der Waals surface area contributed by atoms with Gasteiger partial charge in [-0.3, -0.25) is 0 Å². The highest BCUT2D eigenvalue weighted by Gasteiger charge is 2.19. The zero-order valence-electron chi connectivity index (χ0n) is 9.89. The molecule has 1 aliphatic heterocycles. The lowest BCUT2D eigenvalue weighted by Crippen LogP contribution is -2.41. The number of halogens is 1. The monoisotopic (exact) mass is 238 g/mol. The van der Waals surface area contributed by atoms with Crippen LogP contribution in [0.1, 0.15) is 19.4 Å². The summed E-state index contributed by atoms with van der Waals surface area (Å²) < 4.78 is 0. The van der Waals surface area contributed by atoms with Crippen molar-refractivity contribution in [2.75, 3.05) is 18.4 Å². The van der Waals surface area contributed by atoms with Crippen LogP contribution in [-0.2, 0) is 6.42 Å². The van der Waals surface area contributed by atoms with Crippen molar-refractivity contribution in [2.45, 2.75) is 26.3 Å². The average Bonchev–Trinajstić information content (AvgIpc) is 2.27. The first kappa shape index (κ1) is 11.7. The highest BCUT2D eigenvalue weighted by Crippen LogP contribution is 2.28. The highest BCUT2D eigenvalue weighted by atomic mass is 35.5. The van der Waals surface area contributed by atoms with E-state index in [0.29, 0.717) is 12.0 Å². The number of fused-ring (bicyclic) bond motifs is 1. The molecule has 16 heavy (non-hydrogen) atoms. The van der Waals surface area contributed by atoms with Gasteiger partial charge in [0.1, 0.15) is 0 Å². The second kappa shape index (κ2) is 5.07. The molecular weight excluding hydrogens is 220 g/mol. The van der Waals surface area contributed by atoms with Gasteiger partial charge in [0.05, 0.1) is 0 Å². The molecule has 88 valence electrons. The van der Waals surface area contributed by atoms with E-state index in [1.165, 1.54) is 11.3 Å². The molecule has 1 unspecified atom stereocenters. The lowest BCUT2D eigenvalue weighted by Gasteiger charge is -2.28. The first-order valence-corrected chi connectivity index (χ1v) is 6.29. The summed E-state index contributed by atoms with van der Waals surface area (Å²) in [6.45, 7) is 6.50. The van der Waals surface area contributed by atoms with Gasteiger partial charge >= 0.3 is 0 Å². The molecule has 0 saturated carbocycles. The van der Waals surface area contributed by atoms with Gasteiger partial charge < -0.3 is 10.6 Å². The third kappa shape index (κ3) is 2.69. The molecule has 1 aromatic rings. The molecule has 0 amide bonds. The molecule has 1 atom stereocenters. The lowest BCUT2D eigenvalue weighted by atomic mass is 9.99. The number of hydrogen-bond acceptors (Lipinski definition) is 2. The molecule has 1 heterocycles. The van der Waals surface area contributed by atoms with Gasteiger partial charge in [0, 0.05) is 23.3 Å². The minimum atomic E-state index is 0.495. The first-order chi connectivity index (χ1) is 7.66. The van der Waals surface area contributed by atoms with E-state index in [2.05, 4.69) is 30.5 Å². The van der Waals surface area contributed by atoms with Crippen molar-refractivity contribution in [1.29, 1.82) is 0 Å². The van der Waals surface area contributed by atoms with E-state index in [4.69, 9.17) is 11.6 Å². The van der Waals surface area contributed by atoms with Crippen LogP contribution in [0.2, 0.25) is 5.02 Å². The second-order valence-electron chi connectivity index (χ2n) is 4.85. The maximum absolute atomic E-state index is 6.20. The molecule has 3 heteroatoms. The molecule has 0 bridgehead atoms. The second-order valence-corrected chi connectivity index (χ2v) is 5.26. The normalized spacial score (nSPS) is 19.4. The van der Waals surface area contributed by atoms with Crippen molar-refractivity contribution in [3.63, 3.8) is 0 Å². The van der Waals surface area contributed by atoms with Crippen LogP contribution in [0.4, 0.5) is 5.69 Å². The highest BCUT2D eigenvalue weighted by molar-refractivity contribution is 6.31. The molecule has 0 fully saturated rings. The van der Waals surface area contributed by atoms with Gasteiger partial charge in [-0.1, -0.05) is 31.5 Å². The van der Waals surface area contributed by atoms with Gasteiger partial charge in [0.25, 0.3) is 0 Å². The van der Waals surface area contributed by atoms with Gasteiger partial charge in [-0.15, -0.1) is 0 Å². The summed E-state index contributed by atoms with van der Waals surface area (Å²) in [6.07, 6.45) is 1.02. The molecule has 1 aliphatic rings. The van der Waals surface area contributed by atoms with Crippen LogP contribution in [0.5, 0.6) is 0 Å². The van der Waals surface area contributed by atoms with Gasteiger partial charge in [-0.25, -0.2) is 0 Å². The molecule has 2 nitrogen and oxygen atoms in total. The van der Waals surface area contributed by atoms with Crippen molar-refractivity contribution in [3.05, 3.63) is 28.8 Å². The minimum absolute atomic E-state index is 0.495. The Balaban J connectivity index is 2.03.